The van der Waals surface area contributed by atoms with Crippen molar-refractivity contribution in [2.24, 2.45) is 12.2 Å². The van der Waals surface area contributed by atoms with Gasteiger partial charge in [-0.2, -0.15) is 0 Å². The second-order valence-corrected chi connectivity index (χ2v) is 9.53. The number of fused-ring (bicyclic) bond motifs is 1. The number of thiazole rings is 1. The maximum absolute atomic E-state index is 12.9. The fourth-order valence-corrected chi connectivity index (χ4v) is 5.70. The van der Waals surface area contributed by atoms with E-state index in [1.165, 1.54) is 28.9 Å². The summed E-state index contributed by atoms with van der Waals surface area (Å²) in [7, 11) is 2.89. The summed E-state index contributed by atoms with van der Waals surface area (Å²) < 4.78 is 1.39. The average Bonchev–Trinajstić information content (AvgIpc) is 3.42. The highest BCUT2D eigenvalue weighted by Gasteiger charge is 2.54. The Morgan fingerprint density at radius 3 is 2.82 bits per heavy atom. The Labute approximate surface area is 205 Å². The van der Waals surface area contributed by atoms with Crippen LogP contribution in [0.25, 0.3) is 0 Å². The Morgan fingerprint density at radius 2 is 2.24 bits per heavy atom. The van der Waals surface area contributed by atoms with E-state index >= 15 is 0 Å². The zero-order valence-electron chi connectivity index (χ0n) is 17.7. The van der Waals surface area contributed by atoms with Gasteiger partial charge in [-0.15, -0.1) is 28.2 Å². The number of aliphatic carboxylic acids is 1. The van der Waals surface area contributed by atoms with Crippen LogP contribution in [-0.2, 0) is 26.3 Å². The summed E-state index contributed by atoms with van der Waals surface area (Å²) in [5.74, 6) is -1.91. The molecule has 2 unspecified atom stereocenters. The third kappa shape index (κ3) is 4.24. The van der Waals surface area contributed by atoms with Gasteiger partial charge in [-0.05, 0) is 16.0 Å². The lowest BCUT2D eigenvalue weighted by atomic mass is 10.00. The molecule has 1 saturated heterocycles. The fraction of sp³-hybridized carbons (Fsp3) is 0.353. The highest BCUT2D eigenvalue weighted by atomic mass is 32.2. The highest BCUT2D eigenvalue weighted by Crippen LogP contribution is 2.41. The van der Waals surface area contributed by atoms with Crippen LogP contribution >= 0.6 is 35.3 Å². The predicted molar refractivity (Wildman–Crippen MR) is 125 cm³/mol. The molecule has 2 aliphatic rings. The number of carbonyl (C=O) groups is 3. The number of nitrogen functional groups attached to an aromatic ring is 1. The van der Waals surface area contributed by atoms with Crippen molar-refractivity contribution < 1.29 is 24.3 Å². The van der Waals surface area contributed by atoms with Crippen LogP contribution in [0.5, 0.6) is 0 Å². The molecule has 0 saturated carbocycles. The Hall–Kier alpha value is -3.44. The van der Waals surface area contributed by atoms with Crippen molar-refractivity contribution in [3.8, 4) is 0 Å². The zero-order chi connectivity index (χ0) is 24.6. The average molecular weight is 524 g/mol. The number of thioether (sulfide) groups is 1. The van der Waals surface area contributed by atoms with E-state index in [-0.39, 0.29) is 34.4 Å². The number of nitrogens with zero attached hydrogens (tertiary/aromatic N) is 7. The Bertz CT molecular complexity index is 1250. The number of nitrogens with two attached hydrogens (primary N) is 1. The van der Waals surface area contributed by atoms with Crippen LogP contribution in [0.15, 0.2) is 21.8 Å². The van der Waals surface area contributed by atoms with Crippen molar-refractivity contribution in [1.29, 1.82) is 0 Å². The van der Waals surface area contributed by atoms with Crippen LogP contribution in [0.4, 0.5) is 5.13 Å². The number of aryl methyl sites for hydroxylation is 1. The van der Waals surface area contributed by atoms with Crippen LogP contribution in [-0.4, -0.2) is 87.8 Å². The maximum atomic E-state index is 12.9. The number of nitrogens with one attached hydrogen (secondary N) is 1. The van der Waals surface area contributed by atoms with Crippen LogP contribution in [0.1, 0.15) is 17.9 Å². The second-order valence-electron chi connectivity index (χ2n) is 7.04. The normalized spacial score (nSPS) is 20.0. The highest BCUT2D eigenvalue weighted by molar-refractivity contribution is 8.00. The van der Waals surface area contributed by atoms with Gasteiger partial charge in [0.2, 0.25) is 0 Å². The Balaban J connectivity index is 1.52. The van der Waals surface area contributed by atoms with Crippen LogP contribution < -0.4 is 11.1 Å². The van der Waals surface area contributed by atoms with Gasteiger partial charge < -0.3 is 21.0 Å². The molecule has 4 heterocycles. The molecule has 0 radical (unpaired) electrons. The smallest absolute Gasteiger partial charge is 0.352 e. The topological polar surface area (TPSA) is 191 Å². The molecule has 2 aromatic rings. The van der Waals surface area contributed by atoms with Gasteiger partial charge in [0.25, 0.3) is 11.8 Å². The molecule has 0 bridgehead atoms. The monoisotopic (exact) mass is 523 g/mol. The number of amides is 2. The minimum absolute atomic E-state index is 0.0988. The number of β-lactam (4-membered cyclic amide) rings is 1. The Morgan fingerprint density at radius 1 is 1.47 bits per heavy atom. The summed E-state index contributed by atoms with van der Waals surface area (Å²) >= 11 is 7.81. The van der Waals surface area contributed by atoms with E-state index in [4.69, 9.17) is 22.8 Å². The minimum Gasteiger partial charge on any atom is -0.477 e. The van der Waals surface area contributed by atoms with E-state index in [1.807, 2.05) is 0 Å². The summed E-state index contributed by atoms with van der Waals surface area (Å²) in [4.78, 5) is 48.0. The van der Waals surface area contributed by atoms with Gasteiger partial charge in [-0.1, -0.05) is 17.4 Å². The number of oxime groups is 1. The molecule has 2 atom stereocenters. The number of aromatic nitrogens is 5. The van der Waals surface area contributed by atoms with Crippen molar-refractivity contribution in [3.63, 3.8) is 0 Å². The second kappa shape index (κ2) is 9.43. The molecule has 4 N–H and O–H groups in total. The molecule has 0 aromatic carbocycles. The largest absolute Gasteiger partial charge is 0.477 e. The Kier molecular flexibility index (Phi) is 6.58. The summed E-state index contributed by atoms with van der Waals surface area (Å²) in [6, 6.07) is -0.957. The maximum Gasteiger partial charge on any atom is 0.352 e. The van der Waals surface area contributed by atoms with Gasteiger partial charge in [0.1, 0.15) is 29.9 Å². The van der Waals surface area contributed by atoms with Gasteiger partial charge in [-0.25, -0.2) is 14.5 Å². The lowest BCUT2D eigenvalue weighted by Crippen LogP contribution is -2.71. The predicted octanol–water partition coefficient (Wildman–Crippen LogP) is -0.854. The molecular weight excluding hydrogens is 506 g/mol. The molecule has 1 fully saturated rings. The summed E-state index contributed by atoms with van der Waals surface area (Å²) in [5, 5.41) is 28.4. The van der Waals surface area contributed by atoms with Crippen molar-refractivity contribution in [1.82, 2.24) is 35.4 Å². The summed E-state index contributed by atoms with van der Waals surface area (Å²) in [6.07, 6.45) is 0.0988. The number of carboxylic acid groups (broad SMARTS) is 1. The molecule has 2 aliphatic heterocycles. The molecule has 2 aromatic heterocycles. The fourth-order valence-electron chi connectivity index (χ4n) is 3.46. The van der Waals surface area contributed by atoms with E-state index in [9.17, 15) is 19.5 Å². The summed E-state index contributed by atoms with van der Waals surface area (Å²) in [5.41, 5.74) is 5.97. The number of rotatable bonds is 8. The molecule has 17 heteroatoms. The molecule has 2 amide bonds. The first kappa shape index (κ1) is 23.7. The molecule has 14 nitrogen and oxygen atoms in total. The molecule has 4 rings (SSSR count). The molecule has 0 spiro atoms. The van der Waals surface area contributed by atoms with Crippen molar-refractivity contribution in [2.45, 2.75) is 17.8 Å². The standard InChI is InChI=1S/C17H17N9O5S3/c1-25-12(21-23-24-25)8(32)3-6-4-33-15-10(14(28)26(15)11(6)16(29)30)20-13(27)9(22-31-2)7-5-34-17(18)19-7/h5,10,15H,3-4H2,1-2H3,(H2,18,19)(H,20,27)(H,29,30). The van der Waals surface area contributed by atoms with E-state index in [0.717, 1.165) is 16.2 Å². The quantitative estimate of drug-likeness (QED) is 0.128. The van der Waals surface area contributed by atoms with Gasteiger partial charge in [-0.3, -0.25) is 14.5 Å². The van der Waals surface area contributed by atoms with E-state index < -0.39 is 29.2 Å². The number of tetrazole rings is 1. The van der Waals surface area contributed by atoms with Gasteiger partial charge >= 0.3 is 5.97 Å². The van der Waals surface area contributed by atoms with E-state index in [0.29, 0.717) is 16.3 Å². The third-order valence-corrected chi connectivity index (χ3v) is 7.28. The number of hydrogen-bond donors (Lipinski definition) is 3. The molecule has 34 heavy (non-hydrogen) atoms. The lowest BCUT2D eigenvalue weighted by Gasteiger charge is -2.49. The first-order valence-electron chi connectivity index (χ1n) is 9.51. The van der Waals surface area contributed by atoms with Crippen molar-refractivity contribution >= 4 is 68.8 Å². The van der Waals surface area contributed by atoms with Crippen LogP contribution in [0, 0.1) is 0 Å². The van der Waals surface area contributed by atoms with Crippen LogP contribution in [0.3, 0.4) is 0 Å². The number of carbonyl (C=O) groups excluding carboxylic acids is 2. The first-order chi connectivity index (χ1) is 16.2. The van der Waals surface area contributed by atoms with Gasteiger partial charge in [0.15, 0.2) is 16.7 Å². The number of anilines is 1. The number of hydrogen-bond acceptors (Lipinski definition) is 13. The van der Waals surface area contributed by atoms with Gasteiger partial charge in [0.05, 0.1) is 4.86 Å². The number of thiocarbonyl (C=S) groups is 1. The third-order valence-electron chi connectivity index (χ3n) is 4.94. The SMILES string of the molecule is CON=C(C(=O)NC1C(=O)N2C(C(=O)O)=C(CC(=S)c3nnnn3C)CSC12)c1csc(N)n1. The van der Waals surface area contributed by atoms with Gasteiger partial charge in [0, 0.05) is 24.6 Å². The van der Waals surface area contributed by atoms with E-state index in [2.05, 4.69) is 31.0 Å². The first-order valence-corrected chi connectivity index (χ1v) is 11.9. The zero-order valence-corrected chi connectivity index (χ0v) is 20.1. The lowest BCUT2D eigenvalue weighted by molar-refractivity contribution is -0.150. The molecule has 0 aliphatic carbocycles. The minimum atomic E-state index is -1.27. The summed E-state index contributed by atoms with van der Waals surface area (Å²) in [6.45, 7) is 0. The molecule has 178 valence electrons. The number of carboxylic acids is 1. The van der Waals surface area contributed by atoms with Crippen molar-refractivity contribution in [3.05, 3.63) is 28.2 Å². The van der Waals surface area contributed by atoms with E-state index in [1.54, 1.807) is 7.05 Å². The molecular formula is C17H17N9O5S3. The van der Waals surface area contributed by atoms with Crippen LogP contribution in [0.2, 0.25) is 0 Å². The van der Waals surface area contributed by atoms with Crippen molar-refractivity contribution in [2.75, 3.05) is 18.6 Å².